The normalized spacial score (nSPS) is 16.3. The van der Waals surface area contributed by atoms with Gasteiger partial charge in [0.2, 0.25) is 0 Å². The summed E-state index contributed by atoms with van der Waals surface area (Å²) in [6.07, 6.45) is 1.60. The summed E-state index contributed by atoms with van der Waals surface area (Å²) in [7, 11) is 0. The molecule has 1 amide bonds. The fourth-order valence-electron chi connectivity index (χ4n) is 2.22. The number of aromatic hydroxyl groups is 1. The second kappa shape index (κ2) is 5.66. The first kappa shape index (κ1) is 14.4. The van der Waals surface area contributed by atoms with Crippen molar-refractivity contribution in [3.05, 3.63) is 64.7 Å². The average Bonchev–Trinajstić information content (AvgIpc) is 2.80. The van der Waals surface area contributed by atoms with Crippen LogP contribution in [0.15, 0.2) is 59.2 Å². The number of halogens is 1. The molecule has 1 aliphatic heterocycles. The lowest BCUT2D eigenvalue weighted by atomic mass is 10.1. The van der Waals surface area contributed by atoms with Gasteiger partial charge in [0.05, 0.1) is 17.0 Å². The largest absolute Gasteiger partial charge is 0.507 e. The molecule has 0 aromatic heterocycles. The first-order valence-corrected chi connectivity index (χ1v) is 7.09. The first-order valence-electron chi connectivity index (χ1n) is 6.71. The van der Waals surface area contributed by atoms with Crippen molar-refractivity contribution in [2.75, 3.05) is 5.01 Å². The van der Waals surface area contributed by atoms with Gasteiger partial charge in [0.1, 0.15) is 5.75 Å². The Morgan fingerprint density at radius 2 is 1.91 bits per heavy atom. The number of phenolic OH excluding ortho intramolecular Hbond substituents is 1. The molecule has 0 atom stereocenters. The number of hydrogen-bond acceptors (Lipinski definition) is 3. The van der Waals surface area contributed by atoms with Crippen LogP contribution in [0.3, 0.4) is 0 Å². The molecule has 110 valence electrons. The van der Waals surface area contributed by atoms with E-state index in [9.17, 15) is 9.90 Å². The van der Waals surface area contributed by atoms with Crippen molar-refractivity contribution in [1.29, 1.82) is 0 Å². The second-order valence-corrected chi connectivity index (χ2v) is 5.34. The SMILES string of the molecule is CC1=NN(c2ccccc2)C(=O)C1=Cc1cc(Cl)ccc1O. The third-order valence-electron chi connectivity index (χ3n) is 3.35. The maximum Gasteiger partial charge on any atom is 0.280 e. The van der Waals surface area contributed by atoms with Crippen LogP contribution in [-0.4, -0.2) is 16.7 Å². The van der Waals surface area contributed by atoms with Gasteiger partial charge in [-0.2, -0.15) is 10.1 Å². The van der Waals surface area contributed by atoms with Crippen molar-refractivity contribution in [3.8, 4) is 5.75 Å². The molecule has 0 aliphatic carbocycles. The number of benzene rings is 2. The quantitative estimate of drug-likeness (QED) is 0.856. The van der Waals surface area contributed by atoms with E-state index in [4.69, 9.17) is 11.6 Å². The summed E-state index contributed by atoms with van der Waals surface area (Å²) in [5.41, 5.74) is 2.21. The second-order valence-electron chi connectivity index (χ2n) is 4.90. The van der Waals surface area contributed by atoms with Crippen LogP contribution in [0.2, 0.25) is 5.02 Å². The van der Waals surface area contributed by atoms with Crippen LogP contribution in [0.1, 0.15) is 12.5 Å². The van der Waals surface area contributed by atoms with Crippen molar-refractivity contribution < 1.29 is 9.90 Å². The summed E-state index contributed by atoms with van der Waals surface area (Å²) in [4.78, 5) is 12.5. The number of hydrogen-bond donors (Lipinski definition) is 1. The Kier molecular flexibility index (Phi) is 3.69. The molecule has 22 heavy (non-hydrogen) atoms. The van der Waals surface area contributed by atoms with Crippen molar-refractivity contribution in [1.82, 2.24) is 0 Å². The van der Waals surface area contributed by atoms with Crippen LogP contribution in [0.25, 0.3) is 6.08 Å². The summed E-state index contributed by atoms with van der Waals surface area (Å²) in [5, 5.41) is 16.0. The van der Waals surface area contributed by atoms with E-state index in [1.807, 2.05) is 30.3 Å². The zero-order chi connectivity index (χ0) is 15.7. The summed E-state index contributed by atoms with van der Waals surface area (Å²) < 4.78 is 0. The van der Waals surface area contributed by atoms with Crippen LogP contribution < -0.4 is 5.01 Å². The summed E-state index contributed by atoms with van der Waals surface area (Å²) in [6.45, 7) is 1.76. The fraction of sp³-hybridized carbons (Fsp3) is 0.0588. The molecule has 2 aromatic carbocycles. The van der Waals surface area contributed by atoms with E-state index >= 15 is 0 Å². The zero-order valence-corrected chi connectivity index (χ0v) is 12.6. The lowest BCUT2D eigenvalue weighted by Crippen LogP contribution is -2.21. The topological polar surface area (TPSA) is 52.9 Å². The molecule has 0 saturated carbocycles. The van der Waals surface area contributed by atoms with Crippen molar-refractivity contribution >= 4 is 35.0 Å². The van der Waals surface area contributed by atoms with Gasteiger partial charge in [0.25, 0.3) is 5.91 Å². The molecule has 1 heterocycles. The number of carbonyl (C=O) groups excluding carboxylic acids is 1. The third-order valence-corrected chi connectivity index (χ3v) is 3.59. The van der Waals surface area contributed by atoms with E-state index in [0.29, 0.717) is 27.6 Å². The molecule has 0 bridgehead atoms. The number of hydrazone groups is 1. The fourth-order valence-corrected chi connectivity index (χ4v) is 2.41. The lowest BCUT2D eigenvalue weighted by molar-refractivity contribution is -0.114. The molecule has 0 unspecified atom stereocenters. The number of anilines is 1. The number of amides is 1. The molecule has 0 saturated heterocycles. The highest BCUT2D eigenvalue weighted by Gasteiger charge is 2.28. The molecule has 5 heteroatoms. The number of para-hydroxylation sites is 1. The van der Waals surface area contributed by atoms with Gasteiger partial charge in [0, 0.05) is 10.6 Å². The third kappa shape index (κ3) is 2.61. The number of phenols is 1. The molecule has 4 nitrogen and oxygen atoms in total. The average molecular weight is 313 g/mol. The predicted octanol–water partition coefficient (Wildman–Crippen LogP) is 3.85. The lowest BCUT2D eigenvalue weighted by Gasteiger charge is -2.11. The maximum absolute atomic E-state index is 12.5. The Hall–Kier alpha value is -2.59. The predicted molar refractivity (Wildman–Crippen MR) is 88.1 cm³/mol. The summed E-state index contributed by atoms with van der Waals surface area (Å²) in [5.74, 6) is -0.168. The van der Waals surface area contributed by atoms with Crippen LogP contribution >= 0.6 is 11.6 Å². The van der Waals surface area contributed by atoms with E-state index < -0.39 is 0 Å². The molecule has 0 radical (unpaired) electrons. The highest BCUT2D eigenvalue weighted by atomic mass is 35.5. The highest BCUT2D eigenvalue weighted by Crippen LogP contribution is 2.28. The number of nitrogens with zero attached hydrogens (tertiary/aromatic N) is 2. The Labute approximate surface area is 133 Å². The molecular formula is C17H13ClN2O2. The molecule has 1 aliphatic rings. The van der Waals surface area contributed by atoms with Crippen LogP contribution in [-0.2, 0) is 4.79 Å². The van der Waals surface area contributed by atoms with Crippen LogP contribution in [0.4, 0.5) is 5.69 Å². The van der Waals surface area contributed by atoms with Crippen molar-refractivity contribution in [2.24, 2.45) is 5.10 Å². The Bertz CT molecular complexity index is 798. The van der Waals surface area contributed by atoms with Crippen molar-refractivity contribution in [3.63, 3.8) is 0 Å². The van der Waals surface area contributed by atoms with E-state index in [0.717, 1.165) is 0 Å². The van der Waals surface area contributed by atoms with E-state index in [2.05, 4.69) is 5.10 Å². The summed E-state index contributed by atoms with van der Waals surface area (Å²) in [6, 6.07) is 13.9. The molecule has 2 aromatic rings. The molecular weight excluding hydrogens is 300 g/mol. The Morgan fingerprint density at radius 1 is 1.18 bits per heavy atom. The minimum Gasteiger partial charge on any atom is -0.507 e. The molecule has 3 rings (SSSR count). The van der Waals surface area contributed by atoms with E-state index in [1.54, 1.807) is 25.1 Å². The minimum absolute atomic E-state index is 0.0654. The number of rotatable bonds is 2. The monoisotopic (exact) mass is 312 g/mol. The van der Waals surface area contributed by atoms with Gasteiger partial charge in [-0.1, -0.05) is 29.8 Å². The standard InChI is InChI=1S/C17H13ClN2O2/c1-11-15(10-12-9-13(18)7-8-16(12)21)17(22)20(19-11)14-5-3-2-4-6-14/h2-10,21H,1H3. The van der Waals surface area contributed by atoms with Gasteiger partial charge in [-0.05, 0) is 43.3 Å². The highest BCUT2D eigenvalue weighted by molar-refractivity contribution is 6.33. The van der Waals surface area contributed by atoms with Crippen molar-refractivity contribution in [2.45, 2.75) is 6.92 Å². The number of carbonyl (C=O) groups is 1. The smallest absolute Gasteiger partial charge is 0.280 e. The van der Waals surface area contributed by atoms with Gasteiger partial charge >= 0.3 is 0 Å². The molecule has 0 fully saturated rings. The van der Waals surface area contributed by atoms with Crippen LogP contribution in [0.5, 0.6) is 5.75 Å². The van der Waals surface area contributed by atoms with Crippen LogP contribution in [0, 0.1) is 0 Å². The first-order chi connectivity index (χ1) is 10.6. The molecule has 1 N–H and O–H groups in total. The maximum atomic E-state index is 12.5. The Balaban J connectivity index is 2.00. The van der Waals surface area contributed by atoms with Gasteiger partial charge in [-0.25, -0.2) is 0 Å². The zero-order valence-electron chi connectivity index (χ0n) is 11.8. The minimum atomic E-state index is -0.233. The van der Waals surface area contributed by atoms with Gasteiger partial charge in [0.15, 0.2) is 0 Å². The summed E-state index contributed by atoms with van der Waals surface area (Å²) >= 11 is 5.93. The van der Waals surface area contributed by atoms with Gasteiger partial charge < -0.3 is 5.11 Å². The van der Waals surface area contributed by atoms with Gasteiger partial charge in [-0.3, -0.25) is 4.79 Å². The van der Waals surface area contributed by atoms with Gasteiger partial charge in [-0.15, -0.1) is 0 Å². The van der Waals surface area contributed by atoms with E-state index in [-0.39, 0.29) is 11.7 Å². The van der Waals surface area contributed by atoms with E-state index in [1.165, 1.54) is 11.1 Å². The molecule has 0 spiro atoms. The Morgan fingerprint density at radius 3 is 2.64 bits per heavy atom.